The van der Waals surface area contributed by atoms with Gasteiger partial charge >= 0.3 is 19.8 Å². The quantitative estimate of drug-likeness (QED) is 0.0264. The summed E-state index contributed by atoms with van der Waals surface area (Å²) in [5.41, 5.74) is 5.40. The maximum absolute atomic E-state index is 12.7. The fourth-order valence-corrected chi connectivity index (χ4v) is 11.7. The molecule has 0 amide bonds. The average molecular weight is 1190 g/mol. The number of phosphoric acid groups is 1. The van der Waals surface area contributed by atoms with Crippen molar-refractivity contribution in [2.45, 2.75) is 380 Å². The summed E-state index contributed by atoms with van der Waals surface area (Å²) < 4.78 is 33.2. The summed E-state index contributed by atoms with van der Waals surface area (Å²) in [6.45, 7) is 3.69. The Morgan fingerprint density at radius 3 is 0.988 bits per heavy atom. The molecule has 0 aliphatic heterocycles. The van der Waals surface area contributed by atoms with E-state index >= 15 is 0 Å². The number of ether oxygens (including phenoxy) is 2. The molecule has 0 aromatic carbocycles. The molecule has 0 spiro atoms. The number of carbonyl (C=O) groups excluding carboxylic acids is 2. The van der Waals surface area contributed by atoms with Gasteiger partial charge in [-0.25, -0.2) is 4.57 Å². The Kier molecular flexibility index (Phi) is 67.4. The first-order chi connectivity index (χ1) is 40.8. The number of unbranched alkanes of at least 4 members (excludes halogenated alkanes) is 48. The third-order valence-electron chi connectivity index (χ3n) is 16.2. The van der Waals surface area contributed by atoms with Crippen LogP contribution >= 0.6 is 7.82 Å². The molecule has 2 atom stereocenters. The summed E-state index contributed by atoms with van der Waals surface area (Å²) in [6.07, 6.45) is 88.1. The van der Waals surface area contributed by atoms with Crippen LogP contribution in [0.3, 0.4) is 0 Å². The number of nitrogens with two attached hydrogens (primary N) is 1. The molecule has 9 nitrogen and oxygen atoms in total. The van der Waals surface area contributed by atoms with E-state index in [1.807, 2.05) is 0 Å². The molecule has 488 valence electrons. The second-order valence-electron chi connectivity index (χ2n) is 24.4. The Balaban J connectivity index is 3.75. The van der Waals surface area contributed by atoms with E-state index in [9.17, 15) is 19.0 Å². The number of allylic oxidation sites excluding steroid dienone is 8. The molecule has 0 radical (unpaired) electrons. The number of esters is 2. The number of phosphoric ester groups is 1. The summed E-state index contributed by atoms with van der Waals surface area (Å²) in [5, 5.41) is 0. The van der Waals surface area contributed by atoms with Gasteiger partial charge in [-0.05, 0) is 51.4 Å². The Bertz CT molecular complexity index is 1500. The van der Waals surface area contributed by atoms with Crippen molar-refractivity contribution in [1.29, 1.82) is 0 Å². The largest absolute Gasteiger partial charge is 0.472 e. The highest BCUT2D eigenvalue weighted by Gasteiger charge is 2.26. The van der Waals surface area contributed by atoms with Crippen molar-refractivity contribution < 1.29 is 37.6 Å². The zero-order valence-electron chi connectivity index (χ0n) is 55.0. The van der Waals surface area contributed by atoms with Crippen LogP contribution < -0.4 is 5.73 Å². The topological polar surface area (TPSA) is 134 Å². The first kappa shape index (κ1) is 81.0. The minimum Gasteiger partial charge on any atom is -0.462 e. The standard InChI is InChI=1S/C73H138NO8P/c1-3-5-7-9-11-13-15-17-19-21-23-25-27-28-29-30-31-32-33-34-35-36-37-38-39-40-41-42-44-45-47-49-51-53-55-57-59-61-63-65-72(75)79-69-71(70-81-83(77,78)80-68-67-74)82-73(76)66-64-62-60-58-56-54-52-50-48-46-43-26-24-22-20-18-16-14-12-10-8-6-4-2/h6,8,12,14,18,20,24,26,71H,3-5,7,9-11,13,15-17,19,21-23,25,27-70,74H2,1-2H3,(H,77,78)/b8-6-,14-12-,20-18-,26-24-. The molecule has 0 bridgehead atoms. The second-order valence-corrected chi connectivity index (χ2v) is 25.9. The fourth-order valence-electron chi connectivity index (χ4n) is 10.9. The summed E-state index contributed by atoms with van der Waals surface area (Å²) in [5.74, 6) is -0.816. The van der Waals surface area contributed by atoms with Crippen LogP contribution in [0.5, 0.6) is 0 Å². The molecule has 0 aliphatic rings. The Morgan fingerprint density at radius 2 is 0.663 bits per heavy atom. The molecule has 0 fully saturated rings. The predicted octanol–water partition coefficient (Wildman–Crippen LogP) is 23.6. The Morgan fingerprint density at radius 1 is 0.373 bits per heavy atom. The van der Waals surface area contributed by atoms with E-state index in [1.165, 1.54) is 270 Å². The van der Waals surface area contributed by atoms with Gasteiger partial charge < -0.3 is 20.1 Å². The third kappa shape index (κ3) is 68.9. The lowest BCUT2D eigenvalue weighted by Crippen LogP contribution is -2.29. The van der Waals surface area contributed by atoms with Gasteiger partial charge in [-0.2, -0.15) is 0 Å². The van der Waals surface area contributed by atoms with Crippen LogP contribution in [0.1, 0.15) is 373 Å². The maximum Gasteiger partial charge on any atom is 0.472 e. The minimum atomic E-state index is -4.39. The van der Waals surface area contributed by atoms with Crippen LogP contribution in [-0.4, -0.2) is 49.3 Å². The number of hydrogen-bond donors (Lipinski definition) is 2. The molecular formula is C73H138NO8P. The summed E-state index contributed by atoms with van der Waals surface area (Å²) in [7, 11) is -4.39. The normalized spacial score (nSPS) is 13.2. The second kappa shape index (κ2) is 69.1. The lowest BCUT2D eigenvalue weighted by Gasteiger charge is -2.19. The number of carbonyl (C=O) groups is 2. The highest BCUT2D eigenvalue weighted by atomic mass is 31.2. The van der Waals surface area contributed by atoms with Gasteiger partial charge in [0.05, 0.1) is 13.2 Å². The van der Waals surface area contributed by atoms with E-state index in [2.05, 4.69) is 62.5 Å². The number of rotatable bonds is 69. The minimum absolute atomic E-state index is 0.0531. The van der Waals surface area contributed by atoms with Crippen molar-refractivity contribution in [2.24, 2.45) is 5.73 Å². The van der Waals surface area contributed by atoms with Crippen molar-refractivity contribution in [3.8, 4) is 0 Å². The SMILES string of the molecule is CC/C=C\C/C=C\C/C=C\C/C=C\CCCCCCCCCCCCC(=O)OC(COC(=O)CCCCCCCCCCCCCCCCCCCCCCCCCCCCCCCCCCCCCCCCC)COP(=O)(O)OCCN. The van der Waals surface area contributed by atoms with E-state index in [0.29, 0.717) is 6.42 Å². The molecule has 2 unspecified atom stereocenters. The predicted molar refractivity (Wildman–Crippen MR) is 358 cm³/mol. The maximum atomic E-state index is 12.7. The van der Waals surface area contributed by atoms with Crippen molar-refractivity contribution in [1.82, 2.24) is 0 Å². The van der Waals surface area contributed by atoms with Gasteiger partial charge in [-0.3, -0.25) is 18.6 Å². The molecule has 3 N–H and O–H groups in total. The molecule has 0 rings (SSSR count). The Hall–Kier alpha value is -2.03. The third-order valence-corrected chi connectivity index (χ3v) is 17.2. The van der Waals surface area contributed by atoms with E-state index in [0.717, 1.165) is 70.6 Å². The van der Waals surface area contributed by atoms with Crippen LogP contribution in [-0.2, 0) is 32.7 Å². The van der Waals surface area contributed by atoms with Crippen molar-refractivity contribution in [2.75, 3.05) is 26.4 Å². The van der Waals surface area contributed by atoms with Crippen LogP contribution in [0.15, 0.2) is 48.6 Å². The highest BCUT2D eigenvalue weighted by molar-refractivity contribution is 7.47. The van der Waals surface area contributed by atoms with Gasteiger partial charge in [0.1, 0.15) is 6.61 Å². The molecular weight excluding hydrogens is 1050 g/mol. The Labute approximate surface area is 515 Å². The van der Waals surface area contributed by atoms with Gasteiger partial charge in [-0.15, -0.1) is 0 Å². The zero-order chi connectivity index (χ0) is 60.1. The van der Waals surface area contributed by atoms with Gasteiger partial charge in [0.25, 0.3) is 0 Å². The lowest BCUT2D eigenvalue weighted by molar-refractivity contribution is -0.161. The van der Waals surface area contributed by atoms with E-state index in [4.69, 9.17) is 24.3 Å². The molecule has 0 aromatic rings. The first-order valence-corrected chi connectivity index (χ1v) is 37.6. The summed E-state index contributed by atoms with van der Waals surface area (Å²) >= 11 is 0. The molecule has 0 aromatic heterocycles. The van der Waals surface area contributed by atoms with Gasteiger partial charge in [0, 0.05) is 19.4 Å². The van der Waals surface area contributed by atoms with Crippen LogP contribution in [0.2, 0.25) is 0 Å². The van der Waals surface area contributed by atoms with Crippen molar-refractivity contribution in [3.05, 3.63) is 48.6 Å². The van der Waals surface area contributed by atoms with Crippen LogP contribution in [0.25, 0.3) is 0 Å². The van der Waals surface area contributed by atoms with E-state index < -0.39 is 26.5 Å². The molecule has 83 heavy (non-hydrogen) atoms. The molecule has 0 aliphatic carbocycles. The summed E-state index contributed by atoms with van der Waals surface area (Å²) in [6, 6.07) is 0. The van der Waals surface area contributed by atoms with Crippen LogP contribution in [0.4, 0.5) is 0 Å². The van der Waals surface area contributed by atoms with Crippen molar-refractivity contribution >= 4 is 19.8 Å². The zero-order valence-corrected chi connectivity index (χ0v) is 55.8. The fraction of sp³-hybridized carbons (Fsp3) is 0.863. The number of hydrogen-bond acceptors (Lipinski definition) is 8. The molecule has 0 heterocycles. The molecule has 10 heteroatoms. The van der Waals surface area contributed by atoms with Gasteiger partial charge in [-0.1, -0.05) is 358 Å². The van der Waals surface area contributed by atoms with E-state index in [1.54, 1.807) is 0 Å². The van der Waals surface area contributed by atoms with Crippen LogP contribution in [0, 0.1) is 0 Å². The van der Waals surface area contributed by atoms with Crippen molar-refractivity contribution in [3.63, 3.8) is 0 Å². The first-order valence-electron chi connectivity index (χ1n) is 36.1. The lowest BCUT2D eigenvalue weighted by atomic mass is 10.0. The average Bonchev–Trinajstić information content (AvgIpc) is 3.48. The smallest absolute Gasteiger partial charge is 0.462 e. The van der Waals surface area contributed by atoms with Gasteiger partial charge in [0.15, 0.2) is 6.10 Å². The molecule has 0 saturated heterocycles. The van der Waals surface area contributed by atoms with Gasteiger partial charge in [0.2, 0.25) is 0 Å². The molecule has 0 saturated carbocycles. The highest BCUT2D eigenvalue weighted by Crippen LogP contribution is 2.43. The van der Waals surface area contributed by atoms with E-state index in [-0.39, 0.29) is 38.6 Å². The monoisotopic (exact) mass is 1190 g/mol. The summed E-state index contributed by atoms with van der Waals surface area (Å²) in [4.78, 5) is 35.3.